The monoisotopic (exact) mass is 438 g/mol. The van der Waals surface area contributed by atoms with Crippen molar-refractivity contribution >= 4 is 29.9 Å². The van der Waals surface area contributed by atoms with Gasteiger partial charge in [0.15, 0.2) is 5.96 Å². The van der Waals surface area contributed by atoms with Crippen molar-refractivity contribution in [2.24, 2.45) is 10.4 Å². The maximum atomic E-state index is 5.49. The van der Waals surface area contributed by atoms with Crippen LogP contribution >= 0.6 is 24.0 Å². The highest BCUT2D eigenvalue weighted by Crippen LogP contribution is 2.37. The van der Waals surface area contributed by atoms with Crippen LogP contribution in [0.5, 0.6) is 0 Å². The standard InChI is InChI=1S/C17H34N4O.HI/c1-3-18-16(19-4-2)20-14-17(8-6-5-7-9-17)15-21-10-12-22-13-11-21;/h3-15H2,1-2H3,(H2,18,19,20);1H. The molecule has 2 N–H and O–H groups in total. The van der Waals surface area contributed by atoms with Crippen molar-refractivity contribution in [1.29, 1.82) is 0 Å². The number of halogens is 1. The number of guanidine groups is 1. The zero-order chi connectivity index (χ0) is 15.7. The van der Waals surface area contributed by atoms with Crippen molar-refractivity contribution in [3.8, 4) is 0 Å². The summed E-state index contributed by atoms with van der Waals surface area (Å²) in [4.78, 5) is 7.49. The molecule has 0 radical (unpaired) electrons. The number of ether oxygens (including phenoxy) is 1. The maximum absolute atomic E-state index is 5.49. The van der Waals surface area contributed by atoms with Gasteiger partial charge in [-0.25, -0.2) is 0 Å². The van der Waals surface area contributed by atoms with E-state index in [1.165, 1.54) is 38.6 Å². The Bertz CT molecular complexity index is 331. The van der Waals surface area contributed by atoms with E-state index in [4.69, 9.17) is 9.73 Å². The fourth-order valence-corrected chi connectivity index (χ4v) is 3.66. The van der Waals surface area contributed by atoms with Crippen molar-refractivity contribution < 1.29 is 4.74 Å². The van der Waals surface area contributed by atoms with Crippen molar-refractivity contribution in [2.45, 2.75) is 46.0 Å². The summed E-state index contributed by atoms with van der Waals surface area (Å²) in [6, 6.07) is 0. The zero-order valence-electron chi connectivity index (χ0n) is 14.9. The molecular weight excluding hydrogens is 403 g/mol. The smallest absolute Gasteiger partial charge is 0.191 e. The van der Waals surface area contributed by atoms with Gasteiger partial charge in [-0.15, -0.1) is 24.0 Å². The van der Waals surface area contributed by atoms with E-state index in [0.717, 1.165) is 51.9 Å². The number of hydrogen-bond donors (Lipinski definition) is 2. The Labute approximate surface area is 159 Å². The lowest BCUT2D eigenvalue weighted by Crippen LogP contribution is -2.46. The van der Waals surface area contributed by atoms with E-state index in [-0.39, 0.29) is 24.0 Å². The summed E-state index contributed by atoms with van der Waals surface area (Å²) in [5, 5.41) is 6.70. The first-order valence-corrected chi connectivity index (χ1v) is 9.10. The van der Waals surface area contributed by atoms with E-state index in [2.05, 4.69) is 29.4 Å². The molecule has 0 aromatic heterocycles. The van der Waals surface area contributed by atoms with Crippen LogP contribution in [0.1, 0.15) is 46.0 Å². The summed E-state index contributed by atoms with van der Waals surface area (Å²) in [6.45, 7) is 12.2. The van der Waals surface area contributed by atoms with E-state index in [9.17, 15) is 0 Å². The highest BCUT2D eigenvalue weighted by molar-refractivity contribution is 14.0. The molecule has 0 atom stereocenters. The maximum Gasteiger partial charge on any atom is 0.191 e. The highest BCUT2D eigenvalue weighted by atomic mass is 127. The lowest BCUT2D eigenvalue weighted by Gasteiger charge is -2.41. The van der Waals surface area contributed by atoms with Gasteiger partial charge in [-0.1, -0.05) is 19.3 Å². The number of rotatable bonds is 6. The van der Waals surface area contributed by atoms with Gasteiger partial charge < -0.3 is 15.4 Å². The van der Waals surface area contributed by atoms with Gasteiger partial charge >= 0.3 is 0 Å². The third-order valence-electron chi connectivity index (χ3n) is 4.84. The lowest BCUT2D eigenvalue weighted by molar-refractivity contribution is 0.00937. The first-order valence-electron chi connectivity index (χ1n) is 9.10. The van der Waals surface area contributed by atoms with Crippen molar-refractivity contribution in [2.75, 3.05) is 52.5 Å². The Kier molecular flexibility index (Phi) is 10.5. The van der Waals surface area contributed by atoms with Crippen LogP contribution in [0.2, 0.25) is 0 Å². The predicted molar refractivity (Wildman–Crippen MR) is 108 cm³/mol. The molecule has 136 valence electrons. The van der Waals surface area contributed by atoms with E-state index in [1.54, 1.807) is 0 Å². The van der Waals surface area contributed by atoms with Crippen LogP contribution in [-0.2, 0) is 4.74 Å². The van der Waals surface area contributed by atoms with E-state index < -0.39 is 0 Å². The summed E-state index contributed by atoms with van der Waals surface area (Å²) in [5.41, 5.74) is 0.367. The molecule has 0 aromatic rings. The number of morpholine rings is 1. The minimum atomic E-state index is 0. The highest BCUT2D eigenvalue weighted by Gasteiger charge is 2.34. The van der Waals surface area contributed by atoms with Crippen LogP contribution < -0.4 is 10.6 Å². The molecular formula is C17H35IN4O. The molecule has 0 amide bonds. The van der Waals surface area contributed by atoms with E-state index in [0.29, 0.717) is 5.41 Å². The molecule has 2 rings (SSSR count). The van der Waals surface area contributed by atoms with Gasteiger partial charge in [0.25, 0.3) is 0 Å². The van der Waals surface area contributed by atoms with E-state index in [1.807, 2.05) is 0 Å². The van der Waals surface area contributed by atoms with Gasteiger partial charge in [0, 0.05) is 44.7 Å². The number of hydrogen-bond acceptors (Lipinski definition) is 3. The molecule has 0 unspecified atom stereocenters. The van der Waals surface area contributed by atoms with Gasteiger partial charge in [-0.05, 0) is 26.7 Å². The fourth-order valence-electron chi connectivity index (χ4n) is 3.66. The average molecular weight is 438 g/mol. The molecule has 6 heteroatoms. The SMILES string of the molecule is CCNC(=NCC1(CN2CCOCC2)CCCCC1)NCC.I. The summed E-state index contributed by atoms with van der Waals surface area (Å²) in [5.74, 6) is 0.969. The molecule has 1 aliphatic heterocycles. The number of aliphatic imine (C=N–C) groups is 1. The van der Waals surface area contributed by atoms with Gasteiger partial charge in [-0.3, -0.25) is 9.89 Å². The lowest BCUT2D eigenvalue weighted by atomic mass is 9.73. The normalized spacial score (nSPS) is 21.1. The van der Waals surface area contributed by atoms with Gasteiger partial charge in [0.1, 0.15) is 0 Å². The predicted octanol–water partition coefficient (Wildman–Crippen LogP) is 2.46. The Morgan fingerprint density at radius 2 is 1.65 bits per heavy atom. The second kappa shape index (κ2) is 11.5. The first kappa shape index (κ1) is 21.0. The van der Waals surface area contributed by atoms with Crippen LogP contribution in [0, 0.1) is 5.41 Å². The van der Waals surface area contributed by atoms with Crippen LogP contribution in [-0.4, -0.2) is 63.3 Å². The fraction of sp³-hybridized carbons (Fsp3) is 0.941. The quantitative estimate of drug-likeness (QED) is 0.380. The van der Waals surface area contributed by atoms with Crippen LogP contribution in [0.15, 0.2) is 4.99 Å². The second-order valence-corrected chi connectivity index (χ2v) is 6.67. The third-order valence-corrected chi connectivity index (χ3v) is 4.84. The Morgan fingerprint density at radius 1 is 1.04 bits per heavy atom. The Hall–Kier alpha value is -0.0800. The van der Waals surface area contributed by atoms with E-state index >= 15 is 0 Å². The molecule has 23 heavy (non-hydrogen) atoms. The Morgan fingerprint density at radius 3 is 2.22 bits per heavy atom. The molecule has 1 saturated heterocycles. The molecule has 1 saturated carbocycles. The van der Waals surface area contributed by atoms with Crippen LogP contribution in [0.3, 0.4) is 0 Å². The molecule has 5 nitrogen and oxygen atoms in total. The number of nitrogens with one attached hydrogen (secondary N) is 2. The molecule has 2 fully saturated rings. The molecule has 0 spiro atoms. The average Bonchev–Trinajstić information content (AvgIpc) is 2.55. The topological polar surface area (TPSA) is 48.9 Å². The second-order valence-electron chi connectivity index (χ2n) is 6.67. The summed E-state index contributed by atoms with van der Waals surface area (Å²) in [6.07, 6.45) is 6.75. The molecule has 0 aromatic carbocycles. The largest absolute Gasteiger partial charge is 0.379 e. The number of nitrogens with zero attached hydrogens (tertiary/aromatic N) is 2. The van der Waals surface area contributed by atoms with Crippen molar-refractivity contribution in [1.82, 2.24) is 15.5 Å². The molecule has 2 aliphatic rings. The van der Waals surface area contributed by atoms with Crippen molar-refractivity contribution in [3.63, 3.8) is 0 Å². The first-order chi connectivity index (χ1) is 10.8. The zero-order valence-corrected chi connectivity index (χ0v) is 17.2. The van der Waals surface area contributed by atoms with Gasteiger partial charge in [0.05, 0.1) is 13.2 Å². The summed E-state index contributed by atoms with van der Waals surface area (Å²) < 4.78 is 5.49. The molecule has 1 heterocycles. The van der Waals surface area contributed by atoms with Crippen molar-refractivity contribution in [3.05, 3.63) is 0 Å². The van der Waals surface area contributed by atoms with Gasteiger partial charge in [-0.2, -0.15) is 0 Å². The van der Waals surface area contributed by atoms with Gasteiger partial charge in [0.2, 0.25) is 0 Å². The minimum absolute atomic E-state index is 0. The summed E-state index contributed by atoms with van der Waals surface area (Å²) in [7, 11) is 0. The van der Waals surface area contributed by atoms with Crippen LogP contribution in [0.4, 0.5) is 0 Å². The van der Waals surface area contributed by atoms with Crippen LogP contribution in [0.25, 0.3) is 0 Å². The Balaban J connectivity index is 0.00000264. The molecule has 0 bridgehead atoms. The third kappa shape index (κ3) is 7.13. The minimum Gasteiger partial charge on any atom is -0.379 e. The summed E-state index contributed by atoms with van der Waals surface area (Å²) >= 11 is 0. The molecule has 1 aliphatic carbocycles.